The third kappa shape index (κ3) is 2.25. The molecule has 0 aromatic heterocycles. The maximum absolute atomic E-state index is 12.3. The molecular weight excluding hydrogens is 258 g/mol. The number of hydrogen-bond donors (Lipinski definition) is 3. The van der Waals surface area contributed by atoms with E-state index in [2.05, 4.69) is 0 Å². The molecule has 3 N–H and O–H groups in total. The molecule has 5 heteroatoms. The van der Waals surface area contributed by atoms with Crippen molar-refractivity contribution < 1.29 is 20.1 Å². The number of benzene rings is 2. The van der Waals surface area contributed by atoms with E-state index in [0.29, 0.717) is 5.69 Å². The molecular formula is C15H15NO4. The van der Waals surface area contributed by atoms with Crippen LogP contribution in [0.2, 0.25) is 0 Å². The summed E-state index contributed by atoms with van der Waals surface area (Å²) in [5.74, 6) is -1.59. The molecule has 0 spiro atoms. The number of phenolic OH excluding ortho intramolecular Hbond substituents is 3. The summed E-state index contributed by atoms with van der Waals surface area (Å²) in [6.45, 7) is 0. The summed E-state index contributed by atoms with van der Waals surface area (Å²) in [6.07, 6.45) is 0. The summed E-state index contributed by atoms with van der Waals surface area (Å²) in [7, 11) is 3.41. The minimum atomic E-state index is -0.554. The molecule has 2 aromatic rings. The lowest BCUT2D eigenvalue weighted by Gasteiger charge is -2.16. The van der Waals surface area contributed by atoms with E-state index < -0.39 is 11.5 Å². The van der Waals surface area contributed by atoms with Gasteiger partial charge in [-0.1, -0.05) is 12.1 Å². The van der Waals surface area contributed by atoms with Gasteiger partial charge in [0, 0.05) is 14.1 Å². The smallest absolute Gasteiger partial charge is 0.200 e. The van der Waals surface area contributed by atoms with E-state index in [1.165, 1.54) is 24.3 Å². The van der Waals surface area contributed by atoms with Crippen molar-refractivity contribution in [1.29, 1.82) is 0 Å². The van der Waals surface area contributed by atoms with Crippen molar-refractivity contribution in [1.82, 2.24) is 0 Å². The Hall–Kier alpha value is -2.69. The highest BCUT2D eigenvalue weighted by atomic mass is 16.3. The highest BCUT2D eigenvalue weighted by Gasteiger charge is 2.21. The van der Waals surface area contributed by atoms with Crippen LogP contribution in [0.25, 0.3) is 0 Å². The van der Waals surface area contributed by atoms with Crippen LogP contribution in [0.1, 0.15) is 15.9 Å². The van der Waals surface area contributed by atoms with E-state index in [9.17, 15) is 20.1 Å². The zero-order chi connectivity index (χ0) is 14.9. The average molecular weight is 273 g/mol. The van der Waals surface area contributed by atoms with E-state index in [1.54, 1.807) is 31.1 Å². The number of anilines is 1. The van der Waals surface area contributed by atoms with Crippen LogP contribution in [0.3, 0.4) is 0 Å². The van der Waals surface area contributed by atoms with Crippen molar-refractivity contribution >= 4 is 11.5 Å². The number of carbonyl (C=O) groups excluding carboxylic acids is 1. The van der Waals surface area contributed by atoms with Crippen LogP contribution in [-0.2, 0) is 0 Å². The molecule has 104 valence electrons. The number of rotatable bonds is 3. The zero-order valence-electron chi connectivity index (χ0n) is 11.2. The fourth-order valence-corrected chi connectivity index (χ4v) is 1.92. The van der Waals surface area contributed by atoms with Crippen molar-refractivity contribution in [3.8, 4) is 17.2 Å². The lowest BCUT2D eigenvalue weighted by Crippen LogP contribution is -2.10. The minimum Gasteiger partial charge on any atom is -0.507 e. The Morgan fingerprint density at radius 1 is 0.900 bits per heavy atom. The first-order valence-electron chi connectivity index (χ1n) is 5.98. The van der Waals surface area contributed by atoms with Gasteiger partial charge in [-0.25, -0.2) is 0 Å². The molecule has 2 rings (SSSR count). The van der Waals surface area contributed by atoms with Crippen molar-refractivity contribution in [3.63, 3.8) is 0 Å². The first kappa shape index (κ1) is 13.7. The summed E-state index contributed by atoms with van der Waals surface area (Å²) in [4.78, 5) is 13.9. The second kappa shape index (κ2) is 5.13. The zero-order valence-corrected chi connectivity index (χ0v) is 11.2. The van der Waals surface area contributed by atoms with E-state index in [0.717, 1.165) is 0 Å². The van der Waals surface area contributed by atoms with Gasteiger partial charge in [0.2, 0.25) is 5.78 Å². The van der Waals surface area contributed by atoms with E-state index in [1.807, 2.05) is 0 Å². The van der Waals surface area contributed by atoms with Gasteiger partial charge in [0.15, 0.2) is 11.5 Å². The largest absolute Gasteiger partial charge is 0.507 e. The quantitative estimate of drug-likeness (QED) is 0.589. The Kier molecular flexibility index (Phi) is 3.52. The molecule has 0 heterocycles. The van der Waals surface area contributed by atoms with Crippen LogP contribution in [0.15, 0.2) is 36.4 Å². The maximum Gasteiger partial charge on any atom is 0.200 e. The number of aromatic hydroxyl groups is 3. The van der Waals surface area contributed by atoms with Gasteiger partial charge in [-0.2, -0.15) is 0 Å². The Balaban J connectivity index is 2.52. The van der Waals surface area contributed by atoms with Crippen molar-refractivity contribution in [2.75, 3.05) is 19.0 Å². The lowest BCUT2D eigenvalue weighted by atomic mass is 10.0. The summed E-state index contributed by atoms with van der Waals surface area (Å²) >= 11 is 0. The fourth-order valence-electron chi connectivity index (χ4n) is 1.92. The van der Waals surface area contributed by atoms with Crippen LogP contribution in [-0.4, -0.2) is 35.2 Å². The molecule has 0 bridgehead atoms. The van der Waals surface area contributed by atoms with Gasteiger partial charge in [0.05, 0.1) is 16.8 Å². The van der Waals surface area contributed by atoms with Crippen molar-refractivity contribution in [2.45, 2.75) is 0 Å². The summed E-state index contributed by atoms with van der Waals surface area (Å²) < 4.78 is 0. The van der Waals surface area contributed by atoms with Gasteiger partial charge in [-0.15, -0.1) is 0 Å². The van der Waals surface area contributed by atoms with Crippen LogP contribution in [0.4, 0.5) is 5.69 Å². The van der Waals surface area contributed by atoms with Gasteiger partial charge in [0.25, 0.3) is 0 Å². The first-order chi connectivity index (χ1) is 9.43. The Morgan fingerprint density at radius 3 is 2.15 bits per heavy atom. The highest BCUT2D eigenvalue weighted by molar-refractivity contribution is 6.13. The minimum absolute atomic E-state index is 0.0606. The number of phenols is 3. The standard InChI is InChI=1S/C15H15NO4/c1-16(2)11-8-7-10(14(19)15(11)20)13(18)9-5-3-4-6-12(9)17/h3-8,17,19-20H,1-2H3. The molecule has 0 aliphatic heterocycles. The maximum atomic E-state index is 12.3. The van der Waals surface area contributed by atoms with Crippen molar-refractivity contribution in [3.05, 3.63) is 47.5 Å². The molecule has 0 unspecified atom stereocenters. The SMILES string of the molecule is CN(C)c1ccc(C(=O)c2ccccc2O)c(O)c1O. The summed E-state index contributed by atoms with van der Waals surface area (Å²) in [5.41, 5.74) is 0.408. The number of ketones is 1. The normalized spacial score (nSPS) is 10.3. The number of para-hydroxylation sites is 1. The molecule has 0 amide bonds. The molecule has 0 aliphatic rings. The monoisotopic (exact) mass is 273 g/mol. The molecule has 0 radical (unpaired) electrons. The fraction of sp³-hybridized carbons (Fsp3) is 0.133. The number of nitrogens with zero attached hydrogens (tertiary/aromatic N) is 1. The van der Waals surface area contributed by atoms with Crippen LogP contribution in [0, 0.1) is 0 Å². The van der Waals surface area contributed by atoms with Gasteiger partial charge in [0.1, 0.15) is 5.75 Å². The van der Waals surface area contributed by atoms with Gasteiger partial charge < -0.3 is 20.2 Å². The predicted molar refractivity (Wildman–Crippen MR) is 75.6 cm³/mol. The molecule has 0 saturated carbocycles. The number of hydrogen-bond acceptors (Lipinski definition) is 5. The molecule has 0 atom stereocenters. The van der Waals surface area contributed by atoms with Gasteiger partial charge in [-0.3, -0.25) is 4.79 Å². The summed E-state index contributed by atoms with van der Waals surface area (Å²) in [5, 5.41) is 29.6. The number of carbonyl (C=O) groups is 1. The Morgan fingerprint density at radius 2 is 1.55 bits per heavy atom. The Labute approximate surface area is 116 Å². The molecule has 0 saturated heterocycles. The second-order valence-electron chi connectivity index (χ2n) is 4.57. The first-order valence-corrected chi connectivity index (χ1v) is 5.98. The summed E-state index contributed by atoms with van der Waals surface area (Å²) in [6, 6.07) is 8.99. The second-order valence-corrected chi connectivity index (χ2v) is 4.57. The van der Waals surface area contributed by atoms with Gasteiger partial charge in [-0.05, 0) is 24.3 Å². The van der Waals surface area contributed by atoms with Gasteiger partial charge >= 0.3 is 0 Å². The van der Waals surface area contributed by atoms with E-state index >= 15 is 0 Å². The van der Waals surface area contributed by atoms with Crippen LogP contribution in [0.5, 0.6) is 17.2 Å². The lowest BCUT2D eigenvalue weighted by molar-refractivity contribution is 0.103. The Bertz CT molecular complexity index is 665. The average Bonchev–Trinajstić information content (AvgIpc) is 2.41. The third-order valence-electron chi connectivity index (χ3n) is 3.01. The van der Waals surface area contributed by atoms with Crippen molar-refractivity contribution in [2.24, 2.45) is 0 Å². The van der Waals surface area contributed by atoms with Crippen LogP contribution >= 0.6 is 0 Å². The van der Waals surface area contributed by atoms with E-state index in [-0.39, 0.29) is 22.6 Å². The topological polar surface area (TPSA) is 81.0 Å². The molecule has 20 heavy (non-hydrogen) atoms. The highest BCUT2D eigenvalue weighted by Crippen LogP contribution is 2.39. The van der Waals surface area contributed by atoms with Crippen LogP contribution < -0.4 is 4.90 Å². The molecule has 2 aromatic carbocycles. The third-order valence-corrected chi connectivity index (χ3v) is 3.01. The molecule has 0 aliphatic carbocycles. The molecule has 0 fully saturated rings. The predicted octanol–water partition coefficient (Wildman–Crippen LogP) is 2.10. The van der Waals surface area contributed by atoms with E-state index in [4.69, 9.17) is 0 Å². The molecule has 5 nitrogen and oxygen atoms in total.